The van der Waals surface area contributed by atoms with Crippen LogP contribution in [0.25, 0.3) is 11.3 Å². The highest BCUT2D eigenvalue weighted by atomic mass is 79.9. The number of aromatic amines is 1. The van der Waals surface area contributed by atoms with Crippen molar-refractivity contribution in [1.29, 1.82) is 0 Å². The average molecular weight is 481 g/mol. The summed E-state index contributed by atoms with van der Waals surface area (Å²) in [6.07, 6.45) is 1.39. The number of carbonyl (C=O) groups is 3. The van der Waals surface area contributed by atoms with Crippen LogP contribution in [0.15, 0.2) is 59.1 Å². The molecule has 0 radical (unpaired) electrons. The molecule has 0 saturated carbocycles. The van der Waals surface area contributed by atoms with E-state index in [0.717, 1.165) is 15.6 Å². The molecule has 1 fully saturated rings. The number of nitrogens with one attached hydrogen (secondary N) is 3. The van der Waals surface area contributed by atoms with E-state index in [9.17, 15) is 14.4 Å². The lowest BCUT2D eigenvalue weighted by atomic mass is 9.72. The molecular formula is C23H21BrN4O3. The van der Waals surface area contributed by atoms with Crippen molar-refractivity contribution in [3.8, 4) is 11.3 Å². The van der Waals surface area contributed by atoms with Gasteiger partial charge >= 0.3 is 0 Å². The smallest absolute Gasteiger partial charge is 0.273 e. The number of anilines is 1. The van der Waals surface area contributed by atoms with E-state index in [1.807, 2.05) is 43.3 Å². The summed E-state index contributed by atoms with van der Waals surface area (Å²) in [4.78, 5) is 36.7. The second-order valence-corrected chi connectivity index (χ2v) is 8.43. The van der Waals surface area contributed by atoms with Crippen LogP contribution in [0, 0.1) is 0 Å². The second kappa shape index (κ2) is 8.47. The van der Waals surface area contributed by atoms with Gasteiger partial charge in [-0.1, -0.05) is 47.1 Å². The zero-order chi connectivity index (χ0) is 22.0. The Morgan fingerprint density at radius 1 is 1.13 bits per heavy atom. The summed E-state index contributed by atoms with van der Waals surface area (Å²) in [7, 11) is 0. The first-order valence-corrected chi connectivity index (χ1v) is 10.8. The zero-order valence-corrected chi connectivity index (χ0v) is 18.5. The van der Waals surface area contributed by atoms with E-state index in [0.29, 0.717) is 36.3 Å². The van der Waals surface area contributed by atoms with Crippen LogP contribution in [0.1, 0.15) is 42.2 Å². The highest BCUT2D eigenvalue weighted by molar-refractivity contribution is 9.10. The van der Waals surface area contributed by atoms with Crippen LogP contribution in [0.5, 0.6) is 0 Å². The molecule has 0 spiro atoms. The molecule has 2 heterocycles. The summed E-state index contributed by atoms with van der Waals surface area (Å²) in [5.74, 6) is -0.809. The Labute approximate surface area is 187 Å². The molecule has 2 aromatic carbocycles. The minimum absolute atomic E-state index is 0.236. The molecule has 3 N–H and O–H groups in total. The Bertz CT molecular complexity index is 1140. The maximum absolute atomic E-state index is 12.6. The van der Waals surface area contributed by atoms with Crippen LogP contribution < -0.4 is 10.6 Å². The monoisotopic (exact) mass is 480 g/mol. The lowest BCUT2D eigenvalue weighted by Crippen LogP contribution is -2.51. The van der Waals surface area contributed by atoms with Gasteiger partial charge in [-0.15, -0.1) is 0 Å². The molecule has 0 bridgehead atoms. The molecule has 1 aliphatic rings. The Kier molecular flexibility index (Phi) is 5.73. The number of benzene rings is 2. The number of amides is 3. The number of hydrogen-bond donors (Lipinski definition) is 3. The molecular weight excluding hydrogens is 460 g/mol. The second-order valence-electron chi connectivity index (χ2n) is 7.52. The number of piperidine rings is 1. The van der Waals surface area contributed by atoms with Crippen LogP contribution in [0.2, 0.25) is 0 Å². The number of H-pyrrole nitrogens is 1. The number of carbonyl (C=O) groups excluding carboxylic acids is 3. The highest BCUT2D eigenvalue weighted by Crippen LogP contribution is 2.36. The normalized spacial score (nSPS) is 18.5. The van der Waals surface area contributed by atoms with Crippen LogP contribution in [-0.4, -0.2) is 27.9 Å². The Morgan fingerprint density at radius 3 is 2.48 bits per heavy atom. The third-order valence-corrected chi connectivity index (χ3v) is 6.26. The predicted octanol–water partition coefficient (Wildman–Crippen LogP) is 4.18. The lowest BCUT2D eigenvalue weighted by Gasteiger charge is -2.35. The predicted molar refractivity (Wildman–Crippen MR) is 120 cm³/mol. The van der Waals surface area contributed by atoms with E-state index in [2.05, 4.69) is 36.8 Å². The van der Waals surface area contributed by atoms with Crippen molar-refractivity contribution in [2.45, 2.75) is 31.6 Å². The summed E-state index contributed by atoms with van der Waals surface area (Å²) in [6.45, 7) is 1.94. The number of hydrogen-bond acceptors (Lipinski definition) is 4. The minimum Gasteiger partial charge on any atom is -0.321 e. The number of rotatable bonds is 5. The van der Waals surface area contributed by atoms with Gasteiger partial charge in [-0.3, -0.25) is 24.8 Å². The van der Waals surface area contributed by atoms with Gasteiger partial charge < -0.3 is 5.32 Å². The van der Waals surface area contributed by atoms with Crippen molar-refractivity contribution < 1.29 is 14.4 Å². The van der Waals surface area contributed by atoms with Crippen molar-refractivity contribution in [2.24, 2.45) is 0 Å². The van der Waals surface area contributed by atoms with E-state index < -0.39 is 5.41 Å². The third-order valence-electron chi connectivity index (χ3n) is 5.73. The fourth-order valence-corrected chi connectivity index (χ4v) is 4.11. The molecule has 1 unspecified atom stereocenters. The van der Waals surface area contributed by atoms with Crippen LogP contribution >= 0.6 is 15.9 Å². The number of nitrogens with zero attached hydrogens (tertiary/aromatic N) is 1. The van der Waals surface area contributed by atoms with Gasteiger partial charge in [0, 0.05) is 22.1 Å². The van der Waals surface area contributed by atoms with E-state index in [-0.39, 0.29) is 17.7 Å². The summed E-state index contributed by atoms with van der Waals surface area (Å²) in [5.41, 5.74) is 2.63. The Balaban J connectivity index is 1.48. The van der Waals surface area contributed by atoms with E-state index in [1.165, 1.54) is 0 Å². The van der Waals surface area contributed by atoms with Crippen molar-refractivity contribution in [3.05, 3.63) is 70.3 Å². The molecule has 7 nitrogen and oxygen atoms in total. The minimum atomic E-state index is -0.723. The van der Waals surface area contributed by atoms with Crippen molar-refractivity contribution in [2.75, 3.05) is 5.32 Å². The first kappa shape index (κ1) is 21.0. The summed E-state index contributed by atoms with van der Waals surface area (Å²) >= 11 is 3.40. The molecule has 3 amide bonds. The zero-order valence-electron chi connectivity index (χ0n) is 16.9. The van der Waals surface area contributed by atoms with Gasteiger partial charge in [0.05, 0.1) is 11.1 Å². The summed E-state index contributed by atoms with van der Waals surface area (Å²) < 4.78 is 0.968. The number of halogens is 1. The molecule has 1 aromatic heterocycles. The van der Waals surface area contributed by atoms with Crippen LogP contribution in [0.4, 0.5) is 5.69 Å². The molecule has 31 heavy (non-hydrogen) atoms. The van der Waals surface area contributed by atoms with Gasteiger partial charge in [-0.05, 0) is 48.7 Å². The molecule has 1 atom stereocenters. The van der Waals surface area contributed by atoms with Gasteiger partial charge in [-0.2, -0.15) is 5.10 Å². The van der Waals surface area contributed by atoms with Crippen molar-refractivity contribution in [3.63, 3.8) is 0 Å². The topological polar surface area (TPSA) is 104 Å². The van der Waals surface area contributed by atoms with E-state index >= 15 is 0 Å². The quantitative estimate of drug-likeness (QED) is 0.476. The fourth-order valence-electron chi connectivity index (χ4n) is 3.84. The van der Waals surface area contributed by atoms with E-state index in [1.54, 1.807) is 18.2 Å². The summed E-state index contributed by atoms with van der Waals surface area (Å²) in [5, 5.41) is 12.3. The largest absolute Gasteiger partial charge is 0.321 e. The van der Waals surface area contributed by atoms with Crippen molar-refractivity contribution in [1.82, 2.24) is 15.5 Å². The van der Waals surface area contributed by atoms with Crippen molar-refractivity contribution >= 4 is 39.3 Å². The number of aromatic nitrogens is 2. The first-order valence-electron chi connectivity index (χ1n) is 9.99. The third kappa shape index (κ3) is 4.16. The standard InChI is InChI=1S/C23H21BrN4O3/c1-2-23(12-11-20(29)26-22(23)31)15-5-9-17(10-6-15)25-21(30)19-13-18(27-28-19)14-3-7-16(24)8-4-14/h3-10,13H,2,11-12H2,1H3,(H,25,30)(H,27,28)(H,26,29,31). The molecule has 1 saturated heterocycles. The van der Waals surface area contributed by atoms with Gasteiger partial charge in [0.15, 0.2) is 0 Å². The molecule has 0 aliphatic carbocycles. The maximum atomic E-state index is 12.6. The Morgan fingerprint density at radius 2 is 1.84 bits per heavy atom. The summed E-state index contributed by atoms with van der Waals surface area (Å²) in [6, 6.07) is 16.5. The highest BCUT2D eigenvalue weighted by Gasteiger charge is 2.42. The maximum Gasteiger partial charge on any atom is 0.273 e. The lowest BCUT2D eigenvalue weighted by molar-refractivity contribution is -0.138. The van der Waals surface area contributed by atoms with Crippen LogP contribution in [-0.2, 0) is 15.0 Å². The molecule has 4 rings (SSSR count). The molecule has 8 heteroatoms. The molecule has 1 aliphatic heterocycles. The van der Waals surface area contributed by atoms with Gasteiger partial charge in [0.1, 0.15) is 5.69 Å². The van der Waals surface area contributed by atoms with Gasteiger partial charge in [0.25, 0.3) is 5.91 Å². The number of imide groups is 1. The SMILES string of the molecule is CCC1(c2ccc(NC(=O)c3cc(-c4ccc(Br)cc4)n[nH]3)cc2)CCC(=O)NC1=O. The average Bonchev–Trinajstić information content (AvgIpc) is 3.26. The fraction of sp³-hybridized carbons (Fsp3) is 0.217. The van der Waals surface area contributed by atoms with Gasteiger partial charge in [-0.25, -0.2) is 0 Å². The first-order chi connectivity index (χ1) is 14.9. The van der Waals surface area contributed by atoms with Crippen LogP contribution in [0.3, 0.4) is 0 Å². The molecule has 158 valence electrons. The van der Waals surface area contributed by atoms with Gasteiger partial charge in [0.2, 0.25) is 11.8 Å². The Hall–Kier alpha value is -3.26. The van der Waals surface area contributed by atoms with E-state index in [4.69, 9.17) is 0 Å². The molecule has 3 aromatic rings.